The smallest absolute Gasteiger partial charge is 0.265 e. The van der Waals surface area contributed by atoms with Gasteiger partial charge in [0.1, 0.15) is 0 Å². The molecule has 0 radical (unpaired) electrons. The number of nitro benzene ring substituents is 1. The van der Waals surface area contributed by atoms with Crippen LogP contribution in [0.3, 0.4) is 0 Å². The molecule has 1 heterocycles. The highest BCUT2D eigenvalue weighted by Gasteiger charge is 2.57. The first-order chi connectivity index (χ1) is 17.9. The van der Waals surface area contributed by atoms with Crippen molar-refractivity contribution in [3.8, 4) is 0 Å². The van der Waals surface area contributed by atoms with Gasteiger partial charge in [0.15, 0.2) is 4.90 Å². The number of thioether (sulfide) groups is 1. The second-order valence-corrected chi connectivity index (χ2v) is 14.6. The van der Waals surface area contributed by atoms with E-state index < -0.39 is 20.6 Å². The van der Waals surface area contributed by atoms with Crippen LogP contribution >= 0.6 is 11.8 Å². The van der Waals surface area contributed by atoms with Crippen molar-refractivity contribution in [2.75, 3.05) is 10.8 Å². The first-order valence-corrected chi connectivity index (χ1v) is 15.3. The molecule has 3 atom stereocenters. The van der Waals surface area contributed by atoms with Crippen molar-refractivity contribution >= 4 is 33.2 Å². The quantitative estimate of drug-likeness (QED) is 0.246. The summed E-state index contributed by atoms with van der Waals surface area (Å²) in [5, 5.41) is 12.1. The number of para-hydroxylation sites is 1. The number of benzene rings is 3. The summed E-state index contributed by atoms with van der Waals surface area (Å²) >= 11 is 1.87. The Morgan fingerprint density at radius 1 is 1.00 bits per heavy atom. The lowest BCUT2D eigenvalue weighted by molar-refractivity contribution is -0.387. The van der Waals surface area contributed by atoms with Crippen LogP contribution in [0.1, 0.15) is 50.3 Å². The van der Waals surface area contributed by atoms with Crippen LogP contribution in [0.4, 0.5) is 11.4 Å². The van der Waals surface area contributed by atoms with E-state index in [1.807, 2.05) is 43.0 Å². The number of sulfonamides is 1. The van der Waals surface area contributed by atoms with Crippen LogP contribution in [0.15, 0.2) is 76.5 Å². The fourth-order valence-corrected chi connectivity index (χ4v) is 9.94. The van der Waals surface area contributed by atoms with Gasteiger partial charge in [0.05, 0.1) is 10.6 Å². The van der Waals surface area contributed by atoms with Gasteiger partial charge in [-0.1, -0.05) is 57.2 Å². The maximum atomic E-state index is 14.3. The summed E-state index contributed by atoms with van der Waals surface area (Å²) in [5.74, 6) is 0.0106. The fraction of sp³-hybridized carbons (Fsp3) is 0.400. The third-order valence-corrected chi connectivity index (χ3v) is 12.2. The molecule has 0 unspecified atom stereocenters. The molecule has 3 aromatic carbocycles. The monoisotopic (exact) mass is 550 g/mol. The first kappa shape index (κ1) is 26.8. The zero-order chi connectivity index (χ0) is 27.5. The topological polar surface area (TPSA) is 80.5 Å². The van der Waals surface area contributed by atoms with Crippen molar-refractivity contribution in [2.45, 2.75) is 67.9 Å². The van der Waals surface area contributed by atoms with Gasteiger partial charge in [0.2, 0.25) is 0 Å². The average molecular weight is 551 g/mol. The molecule has 8 heteroatoms. The van der Waals surface area contributed by atoms with Gasteiger partial charge in [0, 0.05) is 22.8 Å². The summed E-state index contributed by atoms with van der Waals surface area (Å²) in [6.07, 6.45) is 1.96. The minimum absolute atomic E-state index is 0.0106. The summed E-state index contributed by atoms with van der Waals surface area (Å²) < 4.78 is 30.0. The van der Waals surface area contributed by atoms with Crippen LogP contribution in [0.5, 0.6) is 0 Å². The molecule has 1 aliphatic carbocycles. The van der Waals surface area contributed by atoms with Crippen LogP contribution in [0, 0.1) is 35.3 Å². The molecule has 200 valence electrons. The Morgan fingerprint density at radius 2 is 1.66 bits per heavy atom. The SMILES string of the molecule is Cc1cc(C)c2c(c1)N(S(=O)(=O)c1ccccc1[N+](=O)[O-])C[C@H]1C(C)(C)[C@@H](Sc3ccccc3)CC[C@]21C. The maximum Gasteiger partial charge on any atom is 0.289 e. The van der Waals surface area contributed by atoms with E-state index in [0.717, 1.165) is 29.5 Å². The molecule has 1 saturated carbocycles. The van der Waals surface area contributed by atoms with Crippen molar-refractivity contribution in [3.05, 3.63) is 93.5 Å². The summed E-state index contributed by atoms with van der Waals surface area (Å²) in [4.78, 5) is 12.2. The number of fused-ring (bicyclic) bond motifs is 3. The van der Waals surface area contributed by atoms with Crippen molar-refractivity contribution in [1.82, 2.24) is 0 Å². The third-order valence-electron chi connectivity index (χ3n) is 8.72. The largest absolute Gasteiger partial charge is 0.289 e. The molecule has 38 heavy (non-hydrogen) atoms. The van der Waals surface area contributed by atoms with Crippen LogP contribution in [-0.4, -0.2) is 25.1 Å². The van der Waals surface area contributed by atoms with E-state index in [2.05, 4.69) is 45.9 Å². The number of anilines is 1. The summed E-state index contributed by atoms with van der Waals surface area (Å²) in [5.41, 5.74) is 2.92. The average Bonchev–Trinajstić information content (AvgIpc) is 2.85. The fourth-order valence-electron chi connectivity index (χ4n) is 6.95. The van der Waals surface area contributed by atoms with Crippen LogP contribution < -0.4 is 4.31 Å². The van der Waals surface area contributed by atoms with Gasteiger partial charge in [-0.2, -0.15) is 0 Å². The van der Waals surface area contributed by atoms with Crippen LogP contribution in [0.25, 0.3) is 0 Å². The summed E-state index contributed by atoms with van der Waals surface area (Å²) in [6.45, 7) is 11.1. The molecule has 0 bridgehead atoms. The Balaban J connectivity index is 1.67. The van der Waals surface area contributed by atoms with E-state index in [1.54, 1.807) is 6.07 Å². The molecule has 0 N–H and O–H groups in total. The van der Waals surface area contributed by atoms with Crippen molar-refractivity contribution < 1.29 is 13.3 Å². The van der Waals surface area contributed by atoms with Crippen molar-refractivity contribution in [3.63, 3.8) is 0 Å². The lowest BCUT2D eigenvalue weighted by Gasteiger charge is -2.59. The van der Waals surface area contributed by atoms with E-state index in [4.69, 9.17) is 0 Å². The Labute approximate surface area is 229 Å². The zero-order valence-electron chi connectivity index (χ0n) is 22.5. The highest BCUT2D eigenvalue weighted by Crippen LogP contribution is 2.61. The predicted octanol–water partition coefficient (Wildman–Crippen LogP) is 7.28. The maximum absolute atomic E-state index is 14.3. The molecule has 0 amide bonds. The summed E-state index contributed by atoms with van der Waals surface area (Å²) in [6, 6.07) is 20.1. The first-order valence-electron chi connectivity index (χ1n) is 13.0. The van der Waals surface area contributed by atoms with Gasteiger partial charge >= 0.3 is 0 Å². The van der Waals surface area contributed by atoms with Crippen molar-refractivity contribution in [2.24, 2.45) is 11.3 Å². The van der Waals surface area contributed by atoms with Crippen LogP contribution in [-0.2, 0) is 15.4 Å². The Bertz CT molecular complexity index is 1500. The normalized spacial score (nSPS) is 24.4. The van der Waals surface area contributed by atoms with Crippen molar-refractivity contribution in [1.29, 1.82) is 0 Å². The van der Waals surface area contributed by atoms with E-state index >= 15 is 0 Å². The number of rotatable bonds is 5. The molecule has 6 nitrogen and oxygen atoms in total. The lowest BCUT2D eigenvalue weighted by Crippen LogP contribution is -2.59. The van der Waals surface area contributed by atoms with Gasteiger partial charge in [-0.15, -0.1) is 11.8 Å². The molecular weight excluding hydrogens is 516 g/mol. The number of hydrogen-bond donors (Lipinski definition) is 0. The molecule has 1 aliphatic heterocycles. The van der Waals surface area contributed by atoms with Gasteiger partial charge in [-0.3, -0.25) is 14.4 Å². The second kappa shape index (κ2) is 9.42. The third kappa shape index (κ3) is 4.22. The Hall–Kier alpha value is -2.84. The van der Waals surface area contributed by atoms with Gasteiger partial charge < -0.3 is 0 Å². The van der Waals surface area contributed by atoms with Gasteiger partial charge in [-0.25, -0.2) is 8.42 Å². The molecule has 3 aromatic rings. The number of nitrogens with zero attached hydrogens (tertiary/aromatic N) is 2. The highest BCUT2D eigenvalue weighted by molar-refractivity contribution is 8.00. The van der Waals surface area contributed by atoms with E-state index in [1.165, 1.54) is 27.4 Å². The van der Waals surface area contributed by atoms with Crippen LogP contribution in [0.2, 0.25) is 0 Å². The Kier molecular flexibility index (Phi) is 6.63. The van der Waals surface area contributed by atoms with E-state index in [0.29, 0.717) is 10.9 Å². The molecule has 2 aliphatic rings. The number of hydrogen-bond acceptors (Lipinski definition) is 5. The van der Waals surface area contributed by atoms with E-state index in [-0.39, 0.29) is 28.2 Å². The Morgan fingerprint density at radius 3 is 2.34 bits per heavy atom. The molecule has 1 fully saturated rings. The minimum Gasteiger partial charge on any atom is -0.265 e. The minimum atomic E-state index is -4.20. The van der Waals surface area contributed by atoms with Gasteiger partial charge in [0.25, 0.3) is 15.7 Å². The molecule has 0 aromatic heterocycles. The predicted molar refractivity (Wildman–Crippen MR) is 153 cm³/mol. The van der Waals surface area contributed by atoms with Gasteiger partial charge in [-0.05, 0) is 84.4 Å². The zero-order valence-corrected chi connectivity index (χ0v) is 24.1. The molecular formula is C30H34N2O4S2. The molecule has 0 spiro atoms. The summed E-state index contributed by atoms with van der Waals surface area (Å²) in [7, 11) is -4.20. The van der Waals surface area contributed by atoms with E-state index in [9.17, 15) is 18.5 Å². The molecule has 0 saturated heterocycles. The number of aryl methyl sites for hydroxylation is 2. The highest BCUT2D eigenvalue weighted by atomic mass is 32.2. The molecule has 5 rings (SSSR count). The standard InChI is InChI=1S/C30H34N2O4S2/c1-20-17-21(2)28-24(18-20)31(38(35,36)25-14-10-9-13-23(25)32(33)34)19-26-29(3,4)27(15-16-30(26,28)5)37-22-11-7-6-8-12-22/h6-14,17-18,26-27H,15-16,19H2,1-5H3/t26-,27-,30-/m0/s1. The second-order valence-electron chi connectivity index (χ2n) is 11.5. The lowest BCUT2D eigenvalue weighted by atomic mass is 9.52. The number of nitro groups is 1.